The Labute approximate surface area is 112 Å². The number of carbonyl (C=O) groups is 2. The van der Waals surface area contributed by atoms with E-state index in [9.17, 15) is 14.0 Å². The molecule has 104 valence electrons. The van der Waals surface area contributed by atoms with Crippen LogP contribution < -0.4 is 10.1 Å². The third-order valence-electron chi connectivity index (χ3n) is 3.34. The standard InChI is InChI=1S/C13H11FN2O4/c1-19-10-4-7-9(5-8(10)14)20-16-12(7)6-2-3-11(17)15-13(6)18/h4-6H,2-3H2,1H3,(H,15,17,18). The van der Waals surface area contributed by atoms with E-state index in [0.717, 1.165) is 6.07 Å². The van der Waals surface area contributed by atoms with Crippen molar-refractivity contribution in [2.75, 3.05) is 7.11 Å². The summed E-state index contributed by atoms with van der Waals surface area (Å²) in [6.45, 7) is 0. The number of aromatic nitrogens is 1. The second-order valence-corrected chi connectivity index (χ2v) is 4.55. The second kappa shape index (κ2) is 4.59. The van der Waals surface area contributed by atoms with E-state index in [0.29, 0.717) is 17.5 Å². The summed E-state index contributed by atoms with van der Waals surface area (Å²) in [4.78, 5) is 23.0. The van der Waals surface area contributed by atoms with E-state index < -0.39 is 17.6 Å². The van der Waals surface area contributed by atoms with E-state index >= 15 is 0 Å². The van der Waals surface area contributed by atoms with Crippen molar-refractivity contribution in [3.63, 3.8) is 0 Å². The number of fused-ring (bicyclic) bond motifs is 1. The van der Waals surface area contributed by atoms with Crippen molar-refractivity contribution < 1.29 is 23.2 Å². The highest BCUT2D eigenvalue weighted by Gasteiger charge is 2.32. The van der Waals surface area contributed by atoms with Gasteiger partial charge in [0.25, 0.3) is 0 Å². The predicted molar refractivity (Wildman–Crippen MR) is 65.6 cm³/mol. The molecule has 1 aromatic heterocycles. The molecule has 2 aromatic rings. The van der Waals surface area contributed by atoms with Crippen LogP contribution in [-0.4, -0.2) is 24.1 Å². The lowest BCUT2D eigenvalue weighted by molar-refractivity contribution is -0.134. The van der Waals surface area contributed by atoms with Gasteiger partial charge < -0.3 is 9.26 Å². The van der Waals surface area contributed by atoms with Gasteiger partial charge in [0.1, 0.15) is 5.69 Å². The summed E-state index contributed by atoms with van der Waals surface area (Å²) in [7, 11) is 1.35. The second-order valence-electron chi connectivity index (χ2n) is 4.55. The van der Waals surface area contributed by atoms with Crippen molar-refractivity contribution in [3.05, 3.63) is 23.6 Å². The lowest BCUT2D eigenvalue weighted by Gasteiger charge is -2.18. The fraction of sp³-hybridized carbons (Fsp3) is 0.308. The molecule has 7 heteroatoms. The lowest BCUT2D eigenvalue weighted by atomic mass is 9.93. The highest BCUT2D eigenvalue weighted by molar-refractivity contribution is 6.02. The van der Waals surface area contributed by atoms with Crippen LogP contribution in [0.25, 0.3) is 11.0 Å². The Morgan fingerprint density at radius 1 is 1.45 bits per heavy atom. The zero-order valence-corrected chi connectivity index (χ0v) is 10.6. The summed E-state index contributed by atoms with van der Waals surface area (Å²) >= 11 is 0. The van der Waals surface area contributed by atoms with Crippen LogP contribution in [0.2, 0.25) is 0 Å². The number of imide groups is 1. The predicted octanol–water partition coefficient (Wildman–Crippen LogP) is 1.50. The van der Waals surface area contributed by atoms with Crippen LogP contribution in [-0.2, 0) is 9.59 Å². The monoisotopic (exact) mass is 278 g/mol. The molecule has 1 aliphatic rings. The number of hydrogen-bond donors (Lipinski definition) is 1. The van der Waals surface area contributed by atoms with Crippen LogP contribution in [0, 0.1) is 5.82 Å². The molecule has 0 saturated carbocycles. The first-order valence-corrected chi connectivity index (χ1v) is 6.06. The van der Waals surface area contributed by atoms with Crippen LogP contribution >= 0.6 is 0 Å². The molecule has 1 aliphatic heterocycles. The molecule has 0 bridgehead atoms. The first kappa shape index (κ1) is 12.6. The number of amides is 2. The van der Waals surface area contributed by atoms with Crippen LogP contribution in [0.5, 0.6) is 5.75 Å². The highest BCUT2D eigenvalue weighted by Crippen LogP contribution is 2.33. The number of hydrogen-bond acceptors (Lipinski definition) is 5. The quantitative estimate of drug-likeness (QED) is 0.842. The maximum absolute atomic E-state index is 13.6. The Morgan fingerprint density at radius 3 is 2.95 bits per heavy atom. The van der Waals surface area contributed by atoms with Crippen molar-refractivity contribution in [2.45, 2.75) is 18.8 Å². The molecule has 1 N–H and O–H groups in total. The van der Waals surface area contributed by atoms with Gasteiger partial charge in [0.2, 0.25) is 11.8 Å². The fourth-order valence-corrected chi connectivity index (χ4v) is 2.32. The van der Waals surface area contributed by atoms with Gasteiger partial charge in [0, 0.05) is 17.9 Å². The number of methoxy groups -OCH3 is 1. The summed E-state index contributed by atoms with van der Waals surface area (Å²) in [6.07, 6.45) is 0.592. The number of benzene rings is 1. The molecule has 1 aromatic carbocycles. The molecule has 3 rings (SSSR count). The molecule has 6 nitrogen and oxygen atoms in total. The van der Waals surface area contributed by atoms with Crippen molar-refractivity contribution >= 4 is 22.8 Å². The number of carbonyl (C=O) groups excluding carboxylic acids is 2. The molecule has 0 radical (unpaired) electrons. The fourth-order valence-electron chi connectivity index (χ4n) is 2.32. The van der Waals surface area contributed by atoms with Crippen molar-refractivity contribution in [3.8, 4) is 5.75 Å². The summed E-state index contributed by atoms with van der Waals surface area (Å²) < 4.78 is 23.5. The first-order valence-electron chi connectivity index (χ1n) is 6.06. The molecule has 0 aliphatic carbocycles. The first-order chi connectivity index (χ1) is 9.60. The number of nitrogens with zero attached hydrogens (tertiary/aromatic N) is 1. The van der Waals surface area contributed by atoms with Gasteiger partial charge in [-0.1, -0.05) is 5.16 Å². The van der Waals surface area contributed by atoms with E-state index in [1.54, 1.807) is 0 Å². The van der Waals surface area contributed by atoms with Crippen LogP contribution in [0.4, 0.5) is 4.39 Å². The minimum atomic E-state index is -0.580. The summed E-state index contributed by atoms with van der Waals surface area (Å²) in [5.41, 5.74) is 0.631. The largest absolute Gasteiger partial charge is 0.494 e. The Bertz CT molecular complexity index is 710. The number of rotatable bonds is 2. The Hall–Kier alpha value is -2.44. The topological polar surface area (TPSA) is 81.4 Å². The van der Waals surface area contributed by atoms with Gasteiger partial charge in [-0.3, -0.25) is 14.9 Å². The van der Waals surface area contributed by atoms with Crippen molar-refractivity contribution in [1.29, 1.82) is 0 Å². The third-order valence-corrected chi connectivity index (χ3v) is 3.34. The van der Waals surface area contributed by atoms with Gasteiger partial charge >= 0.3 is 0 Å². The van der Waals surface area contributed by atoms with Crippen LogP contribution in [0.1, 0.15) is 24.5 Å². The number of ether oxygens (including phenoxy) is 1. The molecule has 0 spiro atoms. The summed E-state index contributed by atoms with van der Waals surface area (Å²) in [5, 5.41) is 6.61. The third kappa shape index (κ3) is 1.91. The average Bonchev–Trinajstić information content (AvgIpc) is 2.80. The van der Waals surface area contributed by atoms with Crippen molar-refractivity contribution in [2.24, 2.45) is 0 Å². The van der Waals surface area contributed by atoms with Crippen LogP contribution in [0.3, 0.4) is 0 Å². The van der Waals surface area contributed by atoms with Crippen molar-refractivity contribution in [1.82, 2.24) is 10.5 Å². The number of piperidine rings is 1. The molecule has 1 atom stereocenters. The smallest absolute Gasteiger partial charge is 0.235 e. The van der Waals surface area contributed by atoms with E-state index in [4.69, 9.17) is 9.26 Å². The number of nitrogens with one attached hydrogen (secondary N) is 1. The Morgan fingerprint density at radius 2 is 2.25 bits per heavy atom. The molecule has 1 saturated heterocycles. The Kier molecular flexibility index (Phi) is 2.89. The SMILES string of the molecule is COc1cc2c(C3CCC(=O)NC3=O)noc2cc1F. The molecule has 1 unspecified atom stereocenters. The minimum Gasteiger partial charge on any atom is -0.494 e. The van der Waals surface area contributed by atoms with E-state index in [2.05, 4.69) is 10.5 Å². The van der Waals surface area contributed by atoms with E-state index in [1.165, 1.54) is 13.2 Å². The van der Waals surface area contributed by atoms with Crippen LogP contribution in [0.15, 0.2) is 16.7 Å². The van der Waals surface area contributed by atoms with Gasteiger partial charge in [0.15, 0.2) is 17.1 Å². The van der Waals surface area contributed by atoms with Gasteiger partial charge in [-0.25, -0.2) is 4.39 Å². The molecular weight excluding hydrogens is 267 g/mol. The minimum absolute atomic E-state index is 0.0502. The van der Waals surface area contributed by atoms with Gasteiger partial charge in [-0.15, -0.1) is 0 Å². The molecule has 20 heavy (non-hydrogen) atoms. The van der Waals surface area contributed by atoms with Gasteiger partial charge in [-0.2, -0.15) is 0 Å². The summed E-state index contributed by atoms with van der Waals surface area (Å²) in [5.74, 6) is -1.81. The normalized spacial score (nSPS) is 19.2. The number of halogens is 1. The van der Waals surface area contributed by atoms with Gasteiger partial charge in [-0.05, 0) is 12.5 Å². The summed E-state index contributed by atoms with van der Waals surface area (Å²) in [6, 6.07) is 2.61. The van der Waals surface area contributed by atoms with E-state index in [-0.39, 0.29) is 23.7 Å². The maximum atomic E-state index is 13.6. The molecule has 1 fully saturated rings. The molecule has 2 heterocycles. The zero-order chi connectivity index (χ0) is 14.3. The molecule has 2 amide bonds. The van der Waals surface area contributed by atoms with Gasteiger partial charge in [0.05, 0.1) is 13.0 Å². The zero-order valence-electron chi connectivity index (χ0n) is 10.6. The maximum Gasteiger partial charge on any atom is 0.235 e. The highest BCUT2D eigenvalue weighted by atomic mass is 19.1. The lowest BCUT2D eigenvalue weighted by Crippen LogP contribution is -2.39. The molecular formula is C13H11FN2O4. The average molecular weight is 278 g/mol. The Balaban J connectivity index is 2.08. The van der Waals surface area contributed by atoms with E-state index in [1.807, 2.05) is 0 Å².